The van der Waals surface area contributed by atoms with Crippen LogP contribution in [0.1, 0.15) is 13.3 Å². The quantitative estimate of drug-likeness (QED) is 0.659. The van der Waals surface area contributed by atoms with Crippen molar-refractivity contribution in [2.45, 2.75) is 13.3 Å². The SMILES string of the molecule is CCNC(=O)CCNCCOc1ccc(OC)cc1. The maximum Gasteiger partial charge on any atom is 0.221 e. The minimum atomic E-state index is 0.0751. The summed E-state index contributed by atoms with van der Waals surface area (Å²) < 4.78 is 10.6. The van der Waals surface area contributed by atoms with Gasteiger partial charge in [-0.2, -0.15) is 0 Å². The van der Waals surface area contributed by atoms with Crippen LogP contribution >= 0.6 is 0 Å². The van der Waals surface area contributed by atoms with E-state index in [9.17, 15) is 4.79 Å². The number of methoxy groups -OCH3 is 1. The Morgan fingerprint density at radius 3 is 2.47 bits per heavy atom. The number of carbonyl (C=O) groups is 1. The third kappa shape index (κ3) is 6.67. The van der Waals surface area contributed by atoms with E-state index in [1.807, 2.05) is 31.2 Å². The van der Waals surface area contributed by atoms with Gasteiger partial charge in [-0.3, -0.25) is 4.79 Å². The van der Waals surface area contributed by atoms with E-state index in [1.54, 1.807) is 7.11 Å². The molecule has 1 rings (SSSR count). The third-order valence-corrected chi connectivity index (χ3v) is 2.51. The highest BCUT2D eigenvalue weighted by Gasteiger charge is 1.98. The zero-order valence-electron chi connectivity index (χ0n) is 11.6. The van der Waals surface area contributed by atoms with Crippen molar-refractivity contribution in [2.24, 2.45) is 0 Å². The summed E-state index contributed by atoms with van der Waals surface area (Å²) in [6.45, 7) is 4.54. The van der Waals surface area contributed by atoms with Crippen LogP contribution in [0.25, 0.3) is 0 Å². The van der Waals surface area contributed by atoms with Crippen LogP contribution in [0.4, 0.5) is 0 Å². The van der Waals surface area contributed by atoms with Crippen molar-refractivity contribution in [3.05, 3.63) is 24.3 Å². The number of amides is 1. The second kappa shape index (κ2) is 9.22. The molecule has 0 saturated heterocycles. The summed E-state index contributed by atoms with van der Waals surface area (Å²) in [6.07, 6.45) is 0.496. The molecule has 1 aromatic rings. The molecule has 2 N–H and O–H groups in total. The molecule has 0 aliphatic carbocycles. The molecule has 0 atom stereocenters. The second-order valence-electron chi connectivity index (χ2n) is 3.98. The topological polar surface area (TPSA) is 59.6 Å². The molecule has 0 spiro atoms. The minimum absolute atomic E-state index is 0.0751. The van der Waals surface area contributed by atoms with Crippen LogP contribution in [0.3, 0.4) is 0 Å². The van der Waals surface area contributed by atoms with Gasteiger partial charge in [-0.15, -0.1) is 0 Å². The van der Waals surface area contributed by atoms with Gasteiger partial charge in [0.2, 0.25) is 5.91 Å². The standard InChI is InChI=1S/C14H22N2O3/c1-3-16-14(17)8-9-15-10-11-19-13-6-4-12(18-2)5-7-13/h4-7,15H,3,8-11H2,1-2H3,(H,16,17). The summed E-state index contributed by atoms with van der Waals surface area (Å²) >= 11 is 0. The van der Waals surface area contributed by atoms with Crippen molar-refractivity contribution in [2.75, 3.05) is 33.4 Å². The summed E-state index contributed by atoms with van der Waals surface area (Å²) in [5.74, 6) is 1.70. The van der Waals surface area contributed by atoms with Gasteiger partial charge in [0, 0.05) is 26.1 Å². The highest BCUT2D eigenvalue weighted by molar-refractivity contribution is 5.75. The number of nitrogens with one attached hydrogen (secondary N) is 2. The Hall–Kier alpha value is -1.75. The minimum Gasteiger partial charge on any atom is -0.497 e. The molecular weight excluding hydrogens is 244 g/mol. The summed E-state index contributed by atoms with van der Waals surface area (Å²) in [4.78, 5) is 11.2. The van der Waals surface area contributed by atoms with Crippen molar-refractivity contribution in [3.63, 3.8) is 0 Å². The largest absolute Gasteiger partial charge is 0.497 e. The van der Waals surface area contributed by atoms with Crippen molar-refractivity contribution in [1.82, 2.24) is 10.6 Å². The Labute approximate surface area is 114 Å². The van der Waals surface area contributed by atoms with Crippen LogP contribution in [0.15, 0.2) is 24.3 Å². The first kappa shape index (κ1) is 15.3. The maximum absolute atomic E-state index is 11.2. The van der Waals surface area contributed by atoms with Gasteiger partial charge in [-0.25, -0.2) is 0 Å². The van der Waals surface area contributed by atoms with Gasteiger partial charge in [-0.1, -0.05) is 0 Å². The van der Waals surface area contributed by atoms with Gasteiger partial charge in [0.1, 0.15) is 18.1 Å². The number of rotatable bonds is 9. The molecule has 0 fully saturated rings. The molecule has 19 heavy (non-hydrogen) atoms. The van der Waals surface area contributed by atoms with Crippen molar-refractivity contribution < 1.29 is 14.3 Å². The van der Waals surface area contributed by atoms with E-state index in [2.05, 4.69) is 10.6 Å². The Morgan fingerprint density at radius 1 is 1.16 bits per heavy atom. The zero-order chi connectivity index (χ0) is 13.9. The van der Waals surface area contributed by atoms with Gasteiger partial charge in [0.15, 0.2) is 0 Å². The zero-order valence-corrected chi connectivity index (χ0v) is 11.6. The Bertz CT molecular complexity index is 365. The van der Waals surface area contributed by atoms with Crippen LogP contribution in [0.2, 0.25) is 0 Å². The summed E-state index contributed by atoms with van der Waals surface area (Å²) in [5, 5.41) is 5.91. The van der Waals surface area contributed by atoms with Crippen LogP contribution in [0.5, 0.6) is 11.5 Å². The van der Waals surface area contributed by atoms with Gasteiger partial charge < -0.3 is 20.1 Å². The monoisotopic (exact) mass is 266 g/mol. The molecule has 0 bridgehead atoms. The number of benzene rings is 1. The molecule has 5 heteroatoms. The fourth-order valence-electron chi connectivity index (χ4n) is 1.53. The smallest absolute Gasteiger partial charge is 0.221 e. The van der Waals surface area contributed by atoms with Crippen molar-refractivity contribution in [1.29, 1.82) is 0 Å². The molecule has 1 aromatic carbocycles. The van der Waals surface area contributed by atoms with Crippen LogP contribution in [-0.4, -0.2) is 39.3 Å². The molecule has 0 heterocycles. The normalized spacial score (nSPS) is 10.0. The number of hydrogen-bond acceptors (Lipinski definition) is 4. The lowest BCUT2D eigenvalue weighted by Gasteiger charge is -2.08. The number of ether oxygens (including phenoxy) is 2. The predicted molar refractivity (Wildman–Crippen MR) is 74.7 cm³/mol. The average Bonchev–Trinajstić information content (AvgIpc) is 2.43. The van der Waals surface area contributed by atoms with E-state index >= 15 is 0 Å². The lowest BCUT2D eigenvalue weighted by atomic mass is 10.3. The van der Waals surface area contributed by atoms with Gasteiger partial charge in [0.05, 0.1) is 7.11 Å². The first-order valence-corrected chi connectivity index (χ1v) is 6.50. The van der Waals surface area contributed by atoms with Crippen LogP contribution in [-0.2, 0) is 4.79 Å². The molecule has 0 aliphatic heterocycles. The lowest BCUT2D eigenvalue weighted by molar-refractivity contribution is -0.120. The molecule has 0 radical (unpaired) electrons. The van der Waals surface area contributed by atoms with E-state index in [-0.39, 0.29) is 5.91 Å². The average molecular weight is 266 g/mol. The fraction of sp³-hybridized carbons (Fsp3) is 0.500. The molecule has 0 unspecified atom stereocenters. The summed E-state index contributed by atoms with van der Waals surface area (Å²) in [6, 6.07) is 7.46. The van der Waals surface area contributed by atoms with Crippen LogP contribution < -0.4 is 20.1 Å². The van der Waals surface area contributed by atoms with Crippen molar-refractivity contribution >= 4 is 5.91 Å². The molecule has 1 amide bonds. The van der Waals surface area contributed by atoms with E-state index < -0.39 is 0 Å². The molecule has 5 nitrogen and oxygen atoms in total. The third-order valence-electron chi connectivity index (χ3n) is 2.51. The van der Waals surface area contributed by atoms with E-state index in [1.165, 1.54) is 0 Å². The molecule has 106 valence electrons. The van der Waals surface area contributed by atoms with Gasteiger partial charge in [-0.05, 0) is 31.2 Å². The number of carbonyl (C=O) groups excluding carboxylic acids is 1. The predicted octanol–water partition coefficient (Wildman–Crippen LogP) is 1.19. The van der Waals surface area contributed by atoms with Gasteiger partial charge in [0.25, 0.3) is 0 Å². The first-order chi connectivity index (χ1) is 9.26. The highest BCUT2D eigenvalue weighted by Crippen LogP contribution is 2.16. The highest BCUT2D eigenvalue weighted by atomic mass is 16.5. The fourth-order valence-corrected chi connectivity index (χ4v) is 1.53. The second-order valence-corrected chi connectivity index (χ2v) is 3.98. The molecule has 0 saturated carbocycles. The summed E-state index contributed by atoms with van der Waals surface area (Å²) in [5.41, 5.74) is 0. The van der Waals surface area contributed by atoms with Gasteiger partial charge >= 0.3 is 0 Å². The maximum atomic E-state index is 11.2. The Kier molecular flexibility index (Phi) is 7.43. The summed E-state index contributed by atoms with van der Waals surface area (Å²) in [7, 11) is 1.63. The van der Waals surface area contributed by atoms with E-state index in [0.717, 1.165) is 11.5 Å². The molecular formula is C14H22N2O3. The molecule has 0 aromatic heterocycles. The Balaban J connectivity index is 2.05. The number of hydrogen-bond donors (Lipinski definition) is 2. The Morgan fingerprint density at radius 2 is 1.84 bits per heavy atom. The molecule has 0 aliphatic rings. The van der Waals surface area contributed by atoms with Crippen LogP contribution in [0, 0.1) is 0 Å². The van der Waals surface area contributed by atoms with Crippen molar-refractivity contribution in [3.8, 4) is 11.5 Å². The lowest BCUT2D eigenvalue weighted by Crippen LogP contribution is -2.29. The van der Waals surface area contributed by atoms with E-state index in [4.69, 9.17) is 9.47 Å². The first-order valence-electron chi connectivity index (χ1n) is 6.50. The van der Waals surface area contributed by atoms with E-state index in [0.29, 0.717) is 32.7 Å².